The molecule has 0 fully saturated rings. The van der Waals surface area contributed by atoms with Gasteiger partial charge in [-0.3, -0.25) is 4.98 Å². The van der Waals surface area contributed by atoms with Gasteiger partial charge in [0.25, 0.3) is 0 Å². The molecular formula is C19H24N2. The van der Waals surface area contributed by atoms with Gasteiger partial charge in [-0.2, -0.15) is 0 Å². The summed E-state index contributed by atoms with van der Waals surface area (Å²) in [6.07, 6.45) is 5.58. The quantitative estimate of drug-likeness (QED) is 0.914. The fraction of sp³-hybridized carbons (Fsp3) is 0.421. The highest BCUT2D eigenvalue weighted by molar-refractivity contribution is 5.37. The summed E-state index contributed by atoms with van der Waals surface area (Å²) in [4.78, 5) is 4.67. The third kappa shape index (κ3) is 3.33. The van der Waals surface area contributed by atoms with E-state index in [1.807, 2.05) is 6.20 Å². The zero-order valence-electron chi connectivity index (χ0n) is 13.0. The van der Waals surface area contributed by atoms with E-state index in [2.05, 4.69) is 60.5 Å². The molecule has 0 saturated heterocycles. The van der Waals surface area contributed by atoms with E-state index in [1.54, 1.807) is 0 Å². The van der Waals surface area contributed by atoms with E-state index >= 15 is 0 Å². The van der Waals surface area contributed by atoms with Crippen molar-refractivity contribution < 1.29 is 0 Å². The number of hydrogen-bond donors (Lipinski definition) is 1. The van der Waals surface area contributed by atoms with Gasteiger partial charge in [-0.1, -0.05) is 44.2 Å². The van der Waals surface area contributed by atoms with Crippen molar-refractivity contribution in [1.82, 2.24) is 10.3 Å². The van der Waals surface area contributed by atoms with Crippen molar-refractivity contribution in [3.63, 3.8) is 0 Å². The number of hydrogen-bond acceptors (Lipinski definition) is 2. The Morgan fingerprint density at radius 1 is 1.24 bits per heavy atom. The minimum Gasteiger partial charge on any atom is -0.310 e. The van der Waals surface area contributed by atoms with Crippen molar-refractivity contribution in [2.75, 3.05) is 0 Å². The molecule has 1 aliphatic rings. The summed E-state index contributed by atoms with van der Waals surface area (Å²) in [5, 5.41) is 3.50. The highest BCUT2D eigenvalue weighted by atomic mass is 14.9. The van der Waals surface area contributed by atoms with Gasteiger partial charge in [0, 0.05) is 24.7 Å². The largest absolute Gasteiger partial charge is 0.310 e. The lowest BCUT2D eigenvalue weighted by atomic mass is 9.82. The third-order valence-corrected chi connectivity index (χ3v) is 4.26. The number of aryl methyl sites for hydroxylation is 1. The van der Waals surface area contributed by atoms with Crippen LogP contribution in [0.2, 0.25) is 0 Å². The zero-order chi connectivity index (χ0) is 14.7. The van der Waals surface area contributed by atoms with Crippen molar-refractivity contribution in [2.45, 2.75) is 51.6 Å². The molecule has 1 heterocycles. The van der Waals surface area contributed by atoms with Crippen molar-refractivity contribution in [3.8, 4) is 0 Å². The number of nitrogens with zero attached hydrogens (tertiary/aromatic N) is 1. The molecule has 2 aromatic rings. The number of aromatic nitrogens is 1. The minimum atomic E-state index is 0.467. The van der Waals surface area contributed by atoms with Gasteiger partial charge in [-0.15, -0.1) is 0 Å². The Morgan fingerprint density at radius 3 is 3.00 bits per heavy atom. The van der Waals surface area contributed by atoms with Gasteiger partial charge < -0.3 is 5.32 Å². The Morgan fingerprint density at radius 2 is 2.14 bits per heavy atom. The van der Waals surface area contributed by atoms with Crippen LogP contribution in [0.4, 0.5) is 0 Å². The van der Waals surface area contributed by atoms with Crippen LogP contribution in [0.3, 0.4) is 0 Å². The van der Waals surface area contributed by atoms with Crippen LogP contribution in [0, 0.1) is 0 Å². The maximum atomic E-state index is 4.67. The molecule has 1 aromatic carbocycles. The number of nitrogens with one attached hydrogen (secondary N) is 1. The third-order valence-electron chi connectivity index (χ3n) is 4.26. The summed E-state index contributed by atoms with van der Waals surface area (Å²) < 4.78 is 0. The summed E-state index contributed by atoms with van der Waals surface area (Å²) in [6.45, 7) is 5.31. The van der Waals surface area contributed by atoms with Gasteiger partial charge in [0.1, 0.15) is 0 Å². The first-order chi connectivity index (χ1) is 10.2. The Hall–Kier alpha value is -1.67. The smallest absolute Gasteiger partial charge is 0.0510 e. The fourth-order valence-corrected chi connectivity index (χ4v) is 3.18. The maximum Gasteiger partial charge on any atom is 0.0510 e. The standard InChI is InChI=1S/C19H24N2/c1-14(2)21-13-15-6-3-8-17(12-15)18-10-4-7-16-9-5-11-20-19(16)18/h3,5-6,8-9,11-12,14,18,21H,4,7,10,13H2,1-2H3. The van der Waals surface area contributed by atoms with Crippen molar-refractivity contribution >= 4 is 0 Å². The van der Waals surface area contributed by atoms with Crippen LogP contribution < -0.4 is 5.32 Å². The number of fused-ring (bicyclic) bond motifs is 1. The minimum absolute atomic E-state index is 0.467. The molecule has 0 radical (unpaired) electrons. The van der Waals surface area contributed by atoms with Crippen molar-refractivity contribution in [2.24, 2.45) is 0 Å². The molecule has 0 spiro atoms. The van der Waals surface area contributed by atoms with E-state index in [-0.39, 0.29) is 0 Å². The first kappa shape index (κ1) is 14.3. The molecule has 0 bridgehead atoms. The lowest BCUT2D eigenvalue weighted by molar-refractivity contribution is 0.583. The van der Waals surface area contributed by atoms with Crippen molar-refractivity contribution in [3.05, 3.63) is 65.0 Å². The summed E-state index contributed by atoms with van der Waals surface area (Å²) in [6, 6.07) is 13.8. The molecule has 2 nitrogen and oxygen atoms in total. The highest BCUT2D eigenvalue weighted by Crippen LogP contribution is 2.35. The van der Waals surface area contributed by atoms with E-state index in [9.17, 15) is 0 Å². The molecule has 0 saturated carbocycles. The van der Waals surface area contributed by atoms with E-state index in [4.69, 9.17) is 0 Å². The predicted octanol–water partition coefficient (Wildman–Crippen LogP) is 4.05. The average molecular weight is 280 g/mol. The molecule has 3 rings (SSSR count). The number of pyridine rings is 1. The van der Waals surface area contributed by atoms with E-state index < -0.39 is 0 Å². The predicted molar refractivity (Wildman–Crippen MR) is 87.4 cm³/mol. The monoisotopic (exact) mass is 280 g/mol. The van der Waals surface area contributed by atoms with E-state index in [1.165, 1.54) is 41.6 Å². The summed E-state index contributed by atoms with van der Waals surface area (Å²) in [5.41, 5.74) is 5.50. The topological polar surface area (TPSA) is 24.9 Å². The molecular weight excluding hydrogens is 256 g/mol. The molecule has 1 unspecified atom stereocenters. The second-order valence-corrected chi connectivity index (χ2v) is 6.27. The first-order valence-electron chi connectivity index (χ1n) is 8.00. The van der Waals surface area contributed by atoms with Crippen LogP contribution in [0.1, 0.15) is 55.0 Å². The van der Waals surface area contributed by atoms with Gasteiger partial charge in [-0.05, 0) is 42.0 Å². The lowest BCUT2D eigenvalue weighted by Gasteiger charge is -2.25. The van der Waals surface area contributed by atoms with Crippen LogP contribution >= 0.6 is 0 Å². The fourth-order valence-electron chi connectivity index (χ4n) is 3.18. The molecule has 0 amide bonds. The van der Waals surface area contributed by atoms with Crippen LogP contribution in [0.15, 0.2) is 42.6 Å². The normalized spacial score (nSPS) is 17.8. The average Bonchev–Trinajstić information content (AvgIpc) is 2.52. The summed E-state index contributed by atoms with van der Waals surface area (Å²) in [5.74, 6) is 0.467. The Kier molecular flexibility index (Phi) is 4.35. The second-order valence-electron chi connectivity index (χ2n) is 6.27. The molecule has 1 aromatic heterocycles. The Balaban J connectivity index is 1.86. The molecule has 2 heteroatoms. The van der Waals surface area contributed by atoms with E-state index in [0.717, 1.165) is 6.54 Å². The molecule has 21 heavy (non-hydrogen) atoms. The van der Waals surface area contributed by atoms with Crippen LogP contribution in [0.5, 0.6) is 0 Å². The SMILES string of the molecule is CC(C)NCc1cccc(C2CCCc3cccnc32)c1. The molecule has 1 N–H and O–H groups in total. The highest BCUT2D eigenvalue weighted by Gasteiger charge is 2.22. The van der Waals surface area contributed by atoms with Crippen LogP contribution in [0.25, 0.3) is 0 Å². The molecule has 1 aliphatic carbocycles. The van der Waals surface area contributed by atoms with Crippen molar-refractivity contribution in [1.29, 1.82) is 0 Å². The van der Waals surface area contributed by atoms with Gasteiger partial charge in [0.2, 0.25) is 0 Å². The molecule has 0 aliphatic heterocycles. The first-order valence-corrected chi connectivity index (χ1v) is 8.00. The molecule has 110 valence electrons. The van der Waals surface area contributed by atoms with Gasteiger partial charge in [0.15, 0.2) is 0 Å². The second kappa shape index (κ2) is 6.40. The van der Waals surface area contributed by atoms with E-state index in [0.29, 0.717) is 12.0 Å². The molecule has 1 atom stereocenters. The zero-order valence-corrected chi connectivity index (χ0v) is 13.0. The Bertz CT molecular complexity index is 604. The van der Waals surface area contributed by atoms with Gasteiger partial charge >= 0.3 is 0 Å². The number of rotatable bonds is 4. The van der Waals surface area contributed by atoms with Gasteiger partial charge in [-0.25, -0.2) is 0 Å². The number of benzene rings is 1. The summed E-state index contributed by atoms with van der Waals surface area (Å²) in [7, 11) is 0. The summed E-state index contributed by atoms with van der Waals surface area (Å²) >= 11 is 0. The maximum absolute atomic E-state index is 4.67. The van der Waals surface area contributed by atoms with Crippen LogP contribution in [-0.4, -0.2) is 11.0 Å². The lowest BCUT2D eigenvalue weighted by Crippen LogP contribution is -2.22. The van der Waals surface area contributed by atoms with Gasteiger partial charge in [0.05, 0.1) is 5.69 Å². The van der Waals surface area contributed by atoms with Crippen LogP contribution in [-0.2, 0) is 13.0 Å². The Labute approximate surface area is 127 Å².